The summed E-state index contributed by atoms with van der Waals surface area (Å²) in [5.41, 5.74) is 7.23. The molecule has 0 aromatic heterocycles. The molecule has 1 saturated heterocycles. The molecule has 0 bridgehead atoms. The minimum atomic E-state index is 0.329. The van der Waals surface area contributed by atoms with Crippen LogP contribution in [0.15, 0.2) is 12.1 Å². The first-order chi connectivity index (χ1) is 9.63. The average molecular weight is 297 g/mol. The fraction of sp³-hybridized carbons (Fsp3) is 0.600. The van der Waals surface area contributed by atoms with Gasteiger partial charge in [0, 0.05) is 19.1 Å². The van der Waals surface area contributed by atoms with E-state index < -0.39 is 0 Å². The molecule has 0 unspecified atom stereocenters. The van der Waals surface area contributed by atoms with Gasteiger partial charge < -0.3 is 15.2 Å². The highest BCUT2D eigenvalue weighted by Crippen LogP contribution is 2.38. The molecule has 2 aliphatic heterocycles. The minimum absolute atomic E-state index is 0.329. The highest BCUT2D eigenvalue weighted by atomic mass is 35.5. The Morgan fingerprint density at radius 3 is 2.95 bits per heavy atom. The second-order valence-electron chi connectivity index (χ2n) is 5.77. The van der Waals surface area contributed by atoms with Gasteiger partial charge in [0.25, 0.3) is 0 Å². The summed E-state index contributed by atoms with van der Waals surface area (Å²) in [6, 6.07) is 4.35. The fourth-order valence-electron chi connectivity index (χ4n) is 2.91. The number of fused-ring (bicyclic) bond motifs is 1. The van der Waals surface area contributed by atoms with Crippen LogP contribution in [0, 0.1) is 5.92 Å². The van der Waals surface area contributed by atoms with Crippen LogP contribution in [0.25, 0.3) is 0 Å². The molecule has 2 heterocycles. The maximum absolute atomic E-state index is 6.27. The molecular formula is C15H21ClN2O2. The van der Waals surface area contributed by atoms with Crippen molar-refractivity contribution in [2.75, 3.05) is 26.3 Å². The SMILES string of the molecule is C[C@@H]1CN(Cc2cc(Cl)c3c(c2)OCCO3)CC[C@@H]1N. The zero-order valence-electron chi connectivity index (χ0n) is 11.8. The number of nitrogens with zero attached hydrogens (tertiary/aromatic N) is 1. The van der Waals surface area contributed by atoms with Crippen LogP contribution in [-0.4, -0.2) is 37.2 Å². The number of rotatable bonds is 2. The Hall–Kier alpha value is -0.970. The predicted octanol–water partition coefficient (Wildman–Crippen LogP) is 2.28. The van der Waals surface area contributed by atoms with Gasteiger partial charge in [-0.15, -0.1) is 0 Å². The molecule has 1 aromatic carbocycles. The monoisotopic (exact) mass is 296 g/mol. The smallest absolute Gasteiger partial charge is 0.179 e. The van der Waals surface area contributed by atoms with Crippen LogP contribution in [0.4, 0.5) is 0 Å². The van der Waals surface area contributed by atoms with Crippen molar-refractivity contribution in [3.05, 3.63) is 22.7 Å². The third kappa shape index (κ3) is 2.87. The van der Waals surface area contributed by atoms with E-state index >= 15 is 0 Å². The first kappa shape index (κ1) is 14.0. The number of likely N-dealkylation sites (tertiary alicyclic amines) is 1. The van der Waals surface area contributed by atoms with Crippen molar-refractivity contribution in [3.63, 3.8) is 0 Å². The molecule has 3 rings (SSSR count). The molecule has 5 heteroatoms. The molecule has 0 saturated carbocycles. The van der Waals surface area contributed by atoms with Crippen LogP contribution < -0.4 is 15.2 Å². The Kier molecular flexibility index (Phi) is 4.06. The summed E-state index contributed by atoms with van der Waals surface area (Å²) in [6.45, 7) is 6.32. The number of piperidine rings is 1. The molecule has 0 aliphatic carbocycles. The normalized spacial score (nSPS) is 26.6. The van der Waals surface area contributed by atoms with Gasteiger partial charge >= 0.3 is 0 Å². The topological polar surface area (TPSA) is 47.7 Å². The molecule has 2 N–H and O–H groups in total. The molecule has 0 radical (unpaired) electrons. The van der Waals surface area contributed by atoms with Crippen LogP contribution in [0.3, 0.4) is 0 Å². The number of hydrogen-bond donors (Lipinski definition) is 1. The van der Waals surface area contributed by atoms with Gasteiger partial charge in [0.2, 0.25) is 0 Å². The van der Waals surface area contributed by atoms with Gasteiger partial charge in [0.05, 0.1) is 5.02 Å². The van der Waals surface area contributed by atoms with E-state index in [4.69, 9.17) is 26.8 Å². The van der Waals surface area contributed by atoms with E-state index in [9.17, 15) is 0 Å². The minimum Gasteiger partial charge on any atom is -0.486 e. The Balaban J connectivity index is 1.73. The van der Waals surface area contributed by atoms with Gasteiger partial charge in [-0.05, 0) is 36.6 Å². The van der Waals surface area contributed by atoms with Gasteiger partial charge in [-0.2, -0.15) is 0 Å². The van der Waals surface area contributed by atoms with Crippen molar-refractivity contribution < 1.29 is 9.47 Å². The zero-order valence-corrected chi connectivity index (χ0v) is 12.5. The van der Waals surface area contributed by atoms with Crippen LogP contribution in [0.1, 0.15) is 18.9 Å². The fourth-order valence-corrected chi connectivity index (χ4v) is 3.20. The summed E-state index contributed by atoms with van der Waals surface area (Å²) in [7, 11) is 0. The lowest BCUT2D eigenvalue weighted by Crippen LogP contribution is -2.45. The van der Waals surface area contributed by atoms with Crippen molar-refractivity contribution in [3.8, 4) is 11.5 Å². The largest absolute Gasteiger partial charge is 0.486 e. The number of ether oxygens (including phenoxy) is 2. The van der Waals surface area contributed by atoms with Crippen molar-refractivity contribution >= 4 is 11.6 Å². The molecule has 0 amide bonds. The quantitative estimate of drug-likeness (QED) is 0.909. The van der Waals surface area contributed by atoms with Crippen molar-refractivity contribution in [2.24, 2.45) is 11.7 Å². The Labute approximate surface area is 124 Å². The van der Waals surface area contributed by atoms with Gasteiger partial charge in [-0.3, -0.25) is 4.90 Å². The summed E-state index contributed by atoms with van der Waals surface area (Å²) in [5.74, 6) is 1.98. The lowest BCUT2D eigenvalue weighted by Gasteiger charge is -2.35. The molecule has 4 nitrogen and oxygen atoms in total. The van der Waals surface area contributed by atoms with Crippen molar-refractivity contribution in [1.29, 1.82) is 0 Å². The average Bonchev–Trinajstić information content (AvgIpc) is 2.43. The molecule has 1 aromatic rings. The molecule has 1 fully saturated rings. The van der Waals surface area contributed by atoms with Gasteiger partial charge in [0.1, 0.15) is 13.2 Å². The standard InChI is InChI=1S/C15H21ClN2O2/c1-10-8-18(3-2-13(10)17)9-11-6-12(16)15-14(7-11)19-4-5-20-15/h6-7,10,13H,2-5,8-9,17H2,1H3/t10-,13+/m1/s1. The van der Waals surface area contributed by atoms with E-state index in [-0.39, 0.29) is 0 Å². The first-order valence-corrected chi connectivity index (χ1v) is 7.57. The molecule has 2 atom stereocenters. The van der Waals surface area contributed by atoms with Crippen LogP contribution >= 0.6 is 11.6 Å². The van der Waals surface area contributed by atoms with Crippen molar-refractivity contribution in [2.45, 2.75) is 25.9 Å². The lowest BCUT2D eigenvalue weighted by molar-refractivity contribution is 0.156. The molecule has 110 valence electrons. The highest BCUT2D eigenvalue weighted by molar-refractivity contribution is 6.32. The second-order valence-corrected chi connectivity index (χ2v) is 6.17. The van der Waals surface area contributed by atoms with E-state index in [0.29, 0.717) is 35.9 Å². The first-order valence-electron chi connectivity index (χ1n) is 7.19. The van der Waals surface area contributed by atoms with Gasteiger partial charge in [-0.25, -0.2) is 0 Å². The molecule has 0 spiro atoms. The third-order valence-electron chi connectivity index (χ3n) is 4.12. The summed E-state index contributed by atoms with van der Waals surface area (Å²) >= 11 is 6.27. The van der Waals surface area contributed by atoms with Gasteiger partial charge in [0.15, 0.2) is 11.5 Å². The summed E-state index contributed by atoms with van der Waals surface area (Å²) in [5, 5.41) is 0.638. The second kappa shape index (κ2) is 5.80. The highest BCUT2D eigenvalue weighted by Gasteiger charge is 2.24. The maximum atomic E-state index is 6.27. The van der Waals surface area contributed by atoms with Crippen LogP contribution in [0.5, 0.6) is 11.5 Å². The maximum Gasteiger partial charge on any atom is 0.179 e. The summed E-state index contributed by atoms with van der Waals surface area (Å²) in [4.78, 5) is 2.43. The summed E-state index contributed by atoms with van der Waals surface area (Å²) < 4.78 is 11.2. The van der Waals surface area contributed by atoms with Gasteiger partial charge in [-0.1, -0.05) is 18.5 Å². The van der Waals surface area contributed by atoms with E-state index in [1.807, 2.05) is 12.1 Å². The summed E-state index contributed by atoms with van der Waals surface area (Å²) in [6.07, 6.45) is 1.06. The Morgan fingerprint density at radius 1 is 1.35 bits per heavy atom. The lowest BCUT2D eigenvalue weighted by atomic mass is 9.94. The van der Waals surface area contributed by atoms with E-state index in [0.717, 1.165) is 31.8 Å². The Bertz CT molecular complexity index is 495. The van der Waals surface area contributed by atoms with Crippen molar-refractivity contribution in [1.82, 2.24) is 4.90 Å². The number of benzene rings is 1. The van der Waals surface area contributed by atoms with Crippen LogP contribution in [0.2, 0.25) is 5.02 Å². The van der Waals surface area contributed by atoms with Crippen LogP contribution in [-0.2, 0) is 6.54 Å². The zero-order chi connectivity index (χ0) is 14.1. The predicted molar refractivity (Wildman–Crippen MR) is 79.5 cm³/mol. The van der Waals surface area contributed by atoms with E-state index in [2.05, 4.69) is 11.8 Å². The number of hydrogen-bond acceptors (Lipinski definition) is 4. The molecular weight excluding hydrogens is 276 g/mol. The third-order valence-corrected chi connectivity index (χ3v) is 4.40. The Morgan fingerprint density at radius 2 is 2.15 bits per heavy atom. The number of halogens is 1. The number of nitrogens with two attached hydrogens (primary N) is 1. The van der Waals surface area contributed by atoms with E-state index in [1.54, 1.807) is 0 Å². The molecule has 20 heavy (non-hydrogen) atoms. The van der Waals surface area contributed by atoms with E-state index in [1.165, 1.54) is 5.56 Å². The molecule has 2 aliphatic rings.